The molecule has 1 nitrogen and oxygen atoms in total. The summed E-state index contributed by atoms with van der Waals surface area (Å²) >= 11 is 0. The fourth-order valence-electron chi connectivity index (χ4n) is 3.07. The Kier molecular flexibility index (Phi) is 1.55. The zero-order valence-electron chi connectivity index (χ0n) is 8.09. The van der Waals surface area contributed by atoms with E-state index in [4.69, 9.17) is 5.73 Å². The maximum atomic E-state index is 13.0. The molecule has 0 heterocycles. The van der Waals surface area contributed by atoms with E-state index in [2.05, 4.69) is 0 Å². The summed E-state index contributed by atoms with van der Waals surface area (Å²) in [6.07, 6.45) is 3.42. The number of hydrogen-bond donors (Lipinski definition) is 1. The molecule has 3 rings (SSSR count). The summed E-state index contributed by atoms with van der Waals surface area (Å²) in [6.45, 7) is 0.775. The molecular formula is C12H14FN. The molecule has 14 heavy (non-hydrogen) atoms. The monoisotopic (exact) mass is 191 g/mol. The van der Waals surface area contributed by atoms with Crippen molar-refractivity contribution < 1.29 is 4.39 Å². The topological polar surface area (TPSA) is 26.0 Å². The molecule has 2 unspecified atom stereocenters. The largest absolute Gasteiger partial charge is 0.330 e. The van der Waals surface area contributed by atoms with E-state index >= 15 is 0 Å². The van der Waals surface area contributed by atoms with Crippen molar-refractivity contribution in [3.05, 3.63) is 35.1 Å². The van der Waals surface area contributed by atoms with Crippen LogP contribution in [-0.2, 0) is 11.8 Å². The van der Waals surface area contributed by atoms with Crippen LogP contribution < -0.4 is 5.73 Å². The molecule has 0 bridgehead atoms. The van der Waals surface area contributed by atoms with Gasteiger partial charge in [0.15, 0.2) is 0 Å². The van der Waals surface area contributed by atoms with Crippen LogP contribution in [0.3, 0.4) is 0 Å². The Morgan fingerprint density at radius 3 is 3.07 bits per heavy atom. The maximum absolute atomic E-state index is 13.0. The third-order valence-corrected chi connectivity index (χ3v) is 3.96. The zero-order valence-corrected chi connectivity index (χ0v) is 8.09. The number of fused-ring (bicyclic) bond motifs is 2. The normalized spacial score (nSPS) is 33.4. The highest BCUT2D eigenvalue weighted by Gasteiger charge is 2.56. The molecule has 0 aromatic heterocycles. The predicted octanol–water partition coefficient (Wildman–Crippen LogP) is 1.99. The van der Waals surface area contributed by atoms with Gasteiger partial charge in [-0.2, -0.15) is 0 Å². The number of rotatable bonds is 1. The van der Waals surface area contributed by atoms with Gasteiger partial charge in [0.25, 0.3) is 0 Å². The van der Waals surface area contributed by atoms with E-state index < -0.39 is 0 Å². The fourth-order valence-corrected chi connectivity index (χ4v) is 3.07. The minimum Gasteiger partial charge on any atom is -0.330 e. The number of nitrogens with two attached hydrogens (primary N) is 1. The number of halogens is 1. The molecule has 1 aromatic rings. The van der Waals surface area contributed by atoms with Crippen LogP contribution in [-0.4, -0.2) is 6.54 Å². The van der Waals surface area contributed by atoms with Gasteiger partial charge in [-0.1, -0.05) is 6.07 Å². The van der Waals surface area contributed by atoms with Crippen LogP contribution in [0.25, 0.3) is 0 Å². The van der Waals surface area contributed by atoms with Gasteiger partial charge >= 0.3 is 0 Å². The highest BCUT2D eigenvalue weighted by Crippen LogP contribution is 2.60. The fraction of sp³-hybridized carbons (Fsp3) is 0.500. The lowest BCUT2D eigenvalue weighted by molar-refractivity contribution is 0.601. The van der Waals surface area contributed by atoms with Crippen molar-refractivity contribution in [1.82, 2.24) is 0 Å². The maximum Gasteiger partial charge on any atom is 0.123 e. The minimum absolute atomic E-state index is 0.106. The van der Waals surface area contributed by atoms with Crippen molar-refractivity contribution in [2.24, 2.45) is 11.7 Å². The standard InChI is InChI=1S/C12H14FN/c13-10-1-2-11-8(5-10)3-4-12(11)6-9(12)7-14/h1-2,5,9H,3-4,6-7,14H2. The molecule has 0 amide bonds. The van der Waals surface area contributed by atoms with Crippen molar-refractivity contribution in [1.29, 1.82) is 0 Å². The number of benzene rings is 1. The van der Waals surface area contributed by atoms with E-state index in [1.807, 2.05) is 6.07 Å². The van der Waals surface area contributed by atoms with Gasteiger partial charge in [-0.25, -0.2) is 4.39 Å². The number of aryl methyl sites for hydroxylation is 1. The molecule has 74 valence electrons. The van der Waals surface area contributed by atoms with Gasteiger partial charge in [0.1, 0.15) is 5.82 Å². The Hall–Kier alpha value is -0.890. The van der Waals surface area contributed by atoms with Crippen LogP contribution in [0.2, 0.25) is 0 Å². The van der Waals surface area contributed by atoms with E-state index in [-0.39, 0.29) is 5.82 Å². The van der Waals surface area contributed by atoms with Crippen LogP contribution in [0.1, 0.15) is 24.0 Å². The Morgan fingerprint density at radius 1 is 1.50 bits per heavy atom. The first-order valence-corrected chi connectivity index (χ1v) is 5.25. The SMILES string of the molecule is NCC1CC12CCc1cc(F)ccc12. The molecule has 1 aromatic carbocycles. The van der Waals surface area contributed by atoms with E-state index in [1.54, 1.807) is 12.1 Å². The van der Waals surface area contributed by atoms with E-state index in [1.165, 1.54) is 24.0 Å². The van der Waals surface area contributed by atoms with Gasteiger partial charge in [0, 0.05) is 5.41 Å². The molecule has 0 aliphatic heterocycles. The van der Waals surface area contributed by atoms with Crippen LogP contribution in [0, 0.1) is 11.7 Å². The minimum atomic E-state index is -0.106. The first-order valence-electron chi connectivity index (χ1n) is 5.25. The zero-order chi connectivity index (χ0) is 9.76. The summed E-state index contributed by atoms with van der Waals surface area (Å²) in [5.41, 5.74) is 8.63. The Labute approximate surface area is 83.1 Å². The second-order valence-electron chi connectivity index (χ2n) is 4.59. The highest BCUT2D eigenvalue weighted by atomic mass is 19.1. The van der Waals surface area contributed by atoms with Crippen molar-refractivity contribution in [3.63, 3.8) is 0 Å². The van der Waals surface area contributed by atoms with Gasteiger partial charge in [0.05, 0.1) is 0 Å². The summed E-state index contributed by atoms with van der Waals surface area (Å²) in [6, 6.07) is 5.24. The first-order chi connectivity index (χ1) is 6.76. The van der Waals surface area contributed by atoms with Gasteiger partial charge < -0.3 is 5.73 Å². The molecule has 0 radical (unpaired) electrons. The first kappa shape index (κ1) is 8.42. The third kappa shape index (κ3) is 0.921. The van der Waals surface area contributed by atoms with Gasteiger partial charge in [-0.05, 0) is 55.0 Å². The van der Waals surface area contributed by atoms with Crippen molar-refractivity contribution >= 4 is 0 Å². The molecule has 1 fully saturated rings. The Balaban J connectivity index is 2.04. The van der Waals surface area contributed by atoms with Gasteiger partial charge in [-0.3, -0.25) is 0 Å². The average Bonchev–Trinajstić information content (AvgIpc) is 2.78. The van der Waals surface area contributed by atoms with E-state index in [0.717, 1.165) is 13.0 Å². The molecule has 1 spiro atoms. The highest BCUT2D eigenvalue weighted by molar-refractivity contribution is 5.45. The summed E-state index contributed by atoms with van der Waals surface area (Å²) in [4.78, 5) is 0. The van der Waals surface area contributed by atoms with Crippen molar-refractivity contribution in [2.75, 3.05) is 6.54 Å². The summed E-state index contributed by atoms with van der Waals surface area (Å²) in [5, 5.41) is 0. The summed E-state index contributed by atoms with van der Waals surface area (Å²) in [5.74, 6) is 0.542. The molecular weight excluding hydrogens is 177 g/mol. The van der Waals surface area contributed by atoms with Crippen molar-refractivity contribution in [2.45, 2.75) is 24.7 Å². The van der Waals surface area contributed by atoms with Crippen LogP contribution in [0.5, 0.6) is 0 Å². The lowest BCUT2D eigenvalue weighted by Crippen LogP contribution is -2.12. The average molecular weight is 191 g/mol. The Bertz CT molecular complexity index is 388. The van der Waals surface area contributed by atoms with Crippen LogP contribution in [0.4, 0.5) is 4.39 Å². The van der Waals surface area contributed by atoms with Crippen LogP contribution in [0.15, 0.2) is 18.2 Å². The van der Waals surface area contributed by atoms with Crippen LogP contribution >= 0.6 is 0 Å². The molecule has 2 aliphatic carbocycles. The second kappa shape index (κ2) is 2.57. The molecule has 2 aliphatic rings. The molecule has 2 N–H and O–H groups in total. The lowest BCUT2D eigenvalue weighted by Gasteiger charge is -2.10. The lowest BCUT2D eigenvalue weighted by atomic mass is 9.95. The third-order valence-electron chi connectivity index (χ3n) is 3.96. The number of hydrogen-bond acceptors (Lipinski definition) is 1. The van der Waals surface area contributed by atoms with E-state index in [0.29, 0.717) is 11.3 Å². The molecule has 2 heteroatoms. The molecule has 0 saturated heterocycles. The Morgan fingerprint density at radius 2 is 2.36 bits per heavy atom. The van der Waals surface area contributed by atoms with Gasteiger partial charge in [-0.15, -0.1) is 0 Å². The van der Waals surface area contributed by atoms with Crippen molar-refractivity contribution in [3.8, 4) is 0 Å². The molecule has 2 atom stereocenters. The molecule has 1 saturated carbocycles. The summed E-state index contributed by atoms with van der Waals surface area (Å²) in [7, 11) is 0. The van der Waals surface area contributed by atoms with E-state index in [9.17, 15) is 4.39 Å². The van der Waals surface area contributed by atoms with Gasteiger partial charge in [0.2, 0.25) is 0 Å². The predicted molar refractivity (Wildman–Crippen MR) is 53.6 cm³/mol. The quantitative estimate of drug-likeness (QED) is 0.721. The summed E-state index contributed by atoms with van der Waals surface area (Å²) < 4.78 is 13.0. The smallest absolute Gasteiger partial charge is 0.123 e. The second-order valence-corrected chi connectivity index (χ2v) is 4.59.